The van der Waals surface area contributed by atoms with Gasteiger partial charge in [-0.15, -0.1) is 0 Å². The molecule has 0 N–H and O–H groups in total. The highest BCUT2D eigenvalue weighted by molar-refractivity contribution is 5.95. The smallest absolute Gasteiger partial charge is 0.257 e. The first-order chi connectivity index (χ1) is 12.7. The van der Waals surface area contributed by atoms with Crippen molar-refractivity contribution >= 4 is 5.91 Å². The maximum absolute atomic E-state index is 12.9. The monoisotopic (exact) mass is 352 g/mol. The first-order valence-electron chi connectivity index (χ1n) is 9.34. The predicted octanol–water partition coefficient (Wildman–Crippen LogP) is 2.88. The van der Waals surface area contributed by atoms with E-state index in [0.29, 0.717) is 24.6 Å². The summed E-state index contributed by atoms with van der Waals surface area (Å²) in [6.07, 6.45) is 9.57. The Morgan fingerprint density at radius 1 is 1.31 bits per heavy atom. The van der Waals surface area contributed by atoms with E-state index in [1.165, 1.54) is 0 Å². The minimum atomic E-state index is 0.0134. The lowest BCUT2D eigenvalue weighted by atomic mass is 10.1. The third-order valence-corrected chi connectivity index (χ3v) is 5.04. The number of hydrogen-bond acceptors (Lipinski definition) is 5. The number of amides is 1. The summed E-state index contributed by atoms with van der Waals surface area (Å²) in [4.78, 5) is 27.9. The third kappa shape index (κ3) is 3.90. The van der Waals surface area contributed by atoms with Gasteiger partial charge in [0.1, 0.15) is 5.82 Å². The van der Waals surface area contributed by atoms with E-state index in [1.54, 1.807) is 12.4 Å². The second-order valence-electron chi connectivity index (χ2n) is 7.19. The van der Waals surface area contributed by atoms with Crippen LogP contribution in [0.25, 0.3) is 0 Å². The van der Waals surface area contributed by atoms with Crippen LogP contribution in [0.1, 0.15) is 59.0 Å². The minimum Gasteiger partial charge on any atom is -0.372 e. The molecule has 6 nitrogen and oxygen atoms in total. The van der Waals surface area contributed by atoms with Crippen molar-refractivity contribution in [1.29, 1.82) is 0 Å². The van der Waals surface area contributed by atoms with Crippen LogP contribution in [0.15, 0.2) is 30.7 Å². The van der Waals surface area contributed by atoms with Gasteiger partial charge in [0.15, 0.2) is 0 Å². The molecule has 6 heteroatoms. The summed E-state index contributed by atoms with van der Waals surface area (Å²) in [7, 11) is 0. The van der Waals surface area contributed by atoms with Crippen molar-refractivity contribution in [3.05, 3.63) is 53.4 Å². The molecule has 2 fully saturated rings. The Bertz CT molecular complexity index is 777. The van der Waals surface area contributed by atoms with Crippen molar-refractivity contribution in [3.8, 4) is 0 Å². The first kappa shape index (κ1) is 17.1. The van der Waals surface area contributed by atoms with Crippen LogP contribution in [0, 0.1) is 6.92 Å². The van der Waals surface area contributed by atoms with Crippen LogP contribution >= 0.6 is 0 Å². The summed E-state index contributed by atoms with van der Waals surface area (Å²) < 4.78 is 6.01. The van der Waals surface area contributed by atoms with Crippen LogP contribution < -0.4 is 0 Å². The van der Waals surface area contributed by atoms with E-state index in [4.69, 9.17) is 4.74 Å². The SMILES string of the molecule is Cc1nc(C2CC2)ncc1C(=O)N1CCC[C@@H](OCc2cccnc2)C1. The normalized spacial score (nSPS) is 20.2. The number of likely N-dealkylation sites (tertiary alicyclic amines) is 1. The van der Waals surface area contributed by atoms with Gasteiger partial charge in [0.25, 0.3) is 5.91 Å². The van der Waals surface area contributed by atoms with Gasteiger partial charge in [-0.25, -0.2) is 9.97 Å². The maximum atomic E-state index is 12.9. The average Bonchev–Trinajstić information content (AvgIpc) is 3.52. The molecule has 3 heterocycles. The molecule has 1 aliphatic heterocycles. The number of carbonyl (C=O) groups excluding carboxylic acids is 1. The van der Waals surface area contributed by atoms with Crippen molar-refractivity contribution in [2.75, 3.05) is 13.1 Å². The second kappa shape index (κ2) is 7.50. The van der Waals surface area contributed by atoms with Crippen molar-refractivity contribution in [3.63, 3.8) is 0 Å². The molecule has 1 atom stereocenters. The lowest BCUT2D eigenvalue weighted by Gasteiger charge is -2.33. The molecule has 1 saturated carbocycles. The fourth-order valence-electron chi connectivity index (χ4n) is 3.36. The molecule has 0 radical (unpaired) electrons. The molecular formula is C20H24N4O2. The van der Waals surface area contributed by atoms with Crippen LogP contribution in [-0.4, -0.2) is 45.0 Å². The van der Waals surface area contributed by atoms with Crippen LogP contribution in [0.4, 0.5) is 0 Å². The largest absolute Gasteiger partial charge is 0.372 e. The number of hydrogen-bond donors (Lipinski definition) is 0. The molecule has 1 amide bonds. The van der Waals surface area contributed by atoms with Gasteiger partial charge in [0.05, 0.1) is 24.0 Å². The molecule has 26 heavy (non-hydrogen) atoms. The quantitative estimate of drug-likeness (QED) is 0.828. The highest BCUT2D eigenvalue weighted by Gasteiger charge is 2.29. The van der Waals surface area contributed by atoms with Gasteiger partial charge in [-0.3, -0.25) is 9.78 Å². The molecular weight excluding hydrogens is 328 g/mol. The molecule has 2 aromatic rings. The molecule has 4 rings (SSSR count). The number of aromatic nitrogens is 3. The molecule has 0 aromatic carbocycles. The minimum absolute atomic E-state index is 0.0134. The van der Waals surface area contributed by atoms with E-state index in [2.05, 4.69) is 15.0 Å². The van der Waals surface area contributed by atoms with E-state index >= 15 is 0 Å². The molecule has 0 spiro atoms. The molecule has 0 bridgehead atoms. The lowest BCUT2D eigenvalue weighted by molar-refractivity contribution is -0.00686. The number of nitrogens with zero attached hydrogens (tertiary/aromatic N) is 4. The molecule has 0 unspecified atom stereocenters. The van der Waals surface area contributed by atoms with Gasteiger partial charge < -0.3 is 9.64 Å². The molecule has 1 aliphatic carbocycles. The lowest BCUT2D eigenvalue weighted by Crippen LogP contribution is -2.43. The van der Waals surface area contributed by atoms with E-state index < -0.39 is 0 Å². The van der Waals surface area contributed by atoms with Crippen molar-refractivity contribution in [2.45, 2.75) is 51.2 Å². The van der Waals surface area contributed by atoms with Crippen LogP contribution in [0.2, 0.25) is 0 Å². The number of aryl methyl sites for hydroxylation is 1. The Morgan fingerprint density at radius 3 is 2.92 bits per heavy atom. The average molecular weight is 352 g/mol. The van der Waals surface area contributed by atoms with Crippen molar-refractivity contribution < 1.29 is 9.53 Å². The van der Waals surface area contributed by atoms with E-state index in [9.17, 15) is 4.79 Å². The number of ether oxygens (including phenoxy) is 1. The standard InChI is InChI=1S/C20H24N4O2/c1-14-18(11-22-19(23-14)16-6-7-16)20(25)24-9-3-5-17(12-24)26-13-15-4-2-8-21-10-15/h2,4,8,10-11,16-17H,3,5-7,9,12-13H2,1H3/t17-/m1/s1. The highest BCUT2D eigenvalue weighted by Crippen LogP contribution is 2.38. The number of piperidine rings is 1. The van der Waals surface area contributed by atoms with Crippen molar-refractivity contribution in [2.24, 2.45) is 0 Å². The molecule has 2 aromatic heterocycles. The van der Waals surface area contributed by atoms with Gasteiger partial charge in [0, 0.05) is 37.6 Å². The number of rotatable bonds is 5. The summed E-state index contributed by atoms with van der Waals surface area (Å²) in [6, 6.07) is 3.91. The zero-order valence-electron chi connectivity index (χ0n) is 15.1. The van der Waals surface area contributed by atoms with Crippen molar-refractivity contribution in [1.82, 2.24) is 19.9 Å². The van der Waals surface area contributed by atoms with E-state index in [0.717, 1.165) is 49.3 Å². The van der Waals surface area contributed by atoms with Gasteiger partial charge in [-0.1, -0.05) is 6.07 Å². The summed E-state index contributed by atoms with van der Waals surface area (Å²) in [5.74, 6) is 1.40. The summed E-state index contributed by atoms with van der Waals surface area (Å²) in [6.45, 7) is 3.80. The Hall–Kier alpha value is -2.34. The Kier molecular flexibility index (Phi) is 4.93. The van der Waals surface area contributed by atoms with Gasteiger partial charge >= 0.3 is 0 Å². The molecule has 1 saturated heterocycles. The zero-order valence-corrected chi connectivity index (χ0v) is 15.1. The van der Waals surface area contributed by atoms with Gasteiger partial charge in [-0.2, -0.15) is 0 Å². The van der Waals surface area contributed by atoms with Crippen LogP contribution in [0.5, 0.6) is 0 Å². The Morgan fingerprint density at radius 2 is 2.19 bits per heavy atom. The van der Waals surface area contributed by atoms with Gasteiger partial charge in [0.2, 0.25) is 0 Å². The summed E-state index contributed by atoms with van der Waals surface area (Å²) >= 11 is 0. The molecule has 136 valence electrons. The third-order valence-electron chi connectivity index (χ3n) is 5.04. The van der Waals surface area contributed by atoms with Crippen LogP contribution in [-0.2, 0) is 11.3 Å². The van der Waals surface area contributed by atoms with E-state index in [-0.39, 0.29) is 12.0 Å². The maximum Gasteiger partial charge on any atom is 0.257 e. The molecule has 2 aliphatic rings. The first-order valence-corrected chi connectivity index (χ1v) is 9.34. The summed E-state index contributed by atoms with van der Waals surface area (Å²) in [5, 5.41) is 0. The second-order valence-corrected chi connectivity index (χ2v) is 7.19. The Labute approximate surface area is 153 Å². The zero-order chi connectivity index (χ0) is 17.9. The topological polar surface area (TPSA) is 68.2 Å². The number of pyridine rings is 1. The number of carbonyl (C=O) groups is 1. The predicted molar refractivity (Wildman–Crippen MR) is 96.7 cm³/mol. The van der Waals surface area contributed by atoms with Crippen LogP contribution in [0.3, 0.4) is 0 Å². The van der Waals surface area contributed by atoms with E-state index in [1.807, 2.05) is 30.2 Å². The Balaban J connectivity index is 1.38. The van der Waals surface area contributed by atoms with Gasteiger partial charge in [-0.05, 0) is 44.2 Å². The fraction of sp³-hybridized carbons (Fsp3) is 0.500. The highest BCUT2D eigenvalue weighted by atomic mass is 16.5. The summed E-state index contributed by atoms with van der Waals surface area (Å²) in [5.41, 5.74) is 2.45. The fourth-order valence-corrected chi connectivity index (χ4v) is 3.36.